The zero-order valence-electron chi connectivity index (χ0n) is 14.5. The van der Waals surface area contributed by atoms with Crippen LogP contribution in [0.4, 0.5) is 57.1 Å². The third kappa shape index (κ3) is 3.73. The van der Waals surface area contributed by atoms with Gasteiger partial charge in [0.2, 0.25) is 0 Å². The summed E-state index contributed by atoms with van der Waals surface area (Å²) < 4.78 is 170. The summed E-state index contributed by atoms with van der Waals surface area (Å²) in [6.07, 6.45) is -7.18. The van der Waals surface area contributed by atoms with E-state index in [0.717, 1.165) is 0 Å². The van der Waals surface area contributed by atoms with Gasteiger partial charge in [0.05, 0.1) is 0 Å². The minimum atomic E-state index is -8.01. The van der Waals surface area contributed by atoms with Gasteiger partial charge in [-0.15, -0.1) is 0 Å². The number of hydrogen-bond donors (Lipinski definition) is 0. The normalized spacial score (nSPS) is 23.3. The Labute approximate surface area is 155 Å². The van der Waals surface area contributed by atoms with Crippen LogP contribution in [0, 0.1) is 11.8 Å². The Morgan fingerprint density at radius 3 is 1.34 bits per heavy atom. The number of carbonyl (C=O) groups excluding carboxylic acids is 1. The Balaban J connectivity index is 3.40. The Kier molecular flexibility index (Phi) is 6.24. The lowest BCUT2D eigenvalue weighted by Crippen LogP contribution is -2.72. The molecule has 0 aliphatic carbocycles. The molecule has 1 saturated heterocycles. The first-order chi connectivity index (χ1) is 12.6. The average Bonchev–Trinajstić information content (AvgIpc) is 2.51. The molecule has 1 rings (SSSR count). The molecule has 1 heterocycles. The molecule has 15 heteroatoms. The summed E-state index contributed by atoms with van der Waals surface area (Å²) in [7, 11) is 0. The highest BCUT2D eigenvalue weighted by Crippen LogP contribution is 2.60. The molecule has 1 aliphatic heterocycles. The van der Waals surface area contributed by atoms with Gasteiger partial charge in [0.25, 0.3) is 5.91 Å². The molecule has 0 aromatic rings. The van der Waals surface area contributed by atoms with E-state index in [1.165, 1.54) is 13.8 Å². The molecule has 2 nitrogen and oxygen atoms in total. The van der Waals surface area contributed by atoms with Crippen molar-refractivity contribution >= 4 is 5.91 Å². The average molecular weight is 459 g/mol. The highest BCUT2D eigenvalue weighted by molar-refractivity contribution is 5.85. The number of halogens is 13. The lowest BCUT2D eigenvalue weighted by atomic mass is 9.89. The standard InChI is InChI=1S/C14H14F13NO/c1-6-3-7(2)5-28(4-6)8(29)9(15,16)10(17,18)11(19,20)12(21,22)13(23,24)14(25,26)27/h6-7H,3-5H2,1-2H3. The van der Waals surface area contributed by atoms with Gasteiger partial charge in [-0.1, -0.05) is 13.8 Å². The number of alkyl halides is 13. The third-order valence-electron chi connectivity index (χ3n) is 4.36. The second-order valence-corrected chi connectivity index (χ2v) is 7.03. The van der Waals surface area contributed by atoms with E-state index in [1.807, 2.05) is 0 Å². The van der Waals surface area contributed by atoms with E-state index in [9.17, 15) is 61.9 Å². The van der Waals surface area contributed by atoms with E-state index < -0.39 is 66.6 Å². The van der Waals surface area contributed by atoms with Crippen molar-refractivity contribution in [1.29, 1.82) is 0 Å². The van der Waals surface area contributed by atoms with Crippen molar-refractivity contribution in [2.45, 2.75) is 56.1 Å². The van der Waals surface area contributed by atoms with Gasteiger partial charge in [-0.2, -0.15) is 57.1 Å². The topological polar surface area (TPSA) is 20.3 Å². The van der Waals surface area contributed by atoms with Gasteiger partial charge in [0.15, 0.2) is 0 Å². The van der Waals surface area contributed by atoms with Gasteiger partial charge in [-0.25, -0.2) is 0 Å². The molecular formula is C14H14F13NO. The summed E-state index contributed by atoms with van der Waals surface area (Å²) in [4.78, 5) is 11.6. The number of carbonyl (C=O) groups is 1. The Bertz CT molecular complexity index is 617. The van der Waals surface area contributed by atoms with Crippen molar-refractivity contribution < 1.29 is 61.9 Å². The quantitative estimate of drug-likeness (QED) is 0.516. The molecule has 172 valence electrons. The highest BCUT2D eigenvalue weighted by atomic mass is 19.4. The maximum Gasteiger partial charge on any atom is 0.460 e. The molecule has 2 unspecified atom stereocenters. The molecule has 0 saturated carbocycles. The minimum absolute atomic E-state index is 0.0527. The number of amides is 1. The summed E-state index contributed by atoms with van der Waals surface area (Å²) in [6, 6.07) is 0. The fourth-order valence-electron chi connectivity index (χ4n) is 2.93. The van der Waals surface area contributed by atoms with E-state index in [-0.39, 0.29) is 4.90 Å². The first-order valence-electron chi connectivity index (χ1n) is 7.80. The van der Waals surface area contributed by atoms with Gasteiger partial charge in [0, 0.05) is 13.1 Å². The molecule has 0 aromatic heterocycles. The summed E-state index contributed by atoms with van der Waals surface area (Å²) in [5.74, 6) is -42.3. The van der Waals surface area contributed by atoms with Crippen LogP contribution in [0.2, 0.25) is 0 Å². The second-order valence-electron chi connectivity index (χ2n) is 7.03. The summed E-state index contributed by atoms with van der Waals surface area (Å²) in [5.41, 5.74) is 0. The molecule has 1 fully saturated rings. The predicted octanol–water partition coefficient (Wildman–Crippen LogP) is 5.23. The van der Waals surface area contributed by atoms with Crippen LogP contribution >= 0.6 is 0 Å². The molecule has 29 heavy (non-hydrogen) atoms. The third-order valence-corrected chi connectivity index (χ3v) is 4.36. The number of likely N-dealkylation sites (tertiary alicyclic amines) is 1. The van der Waals surface area contributed by atoms with Gasteiger partial charge >= 0.3 is 35.8 Å². The first-order valence-corrected chi connectivity index (χ1v) is 7.80. The minimum Gasteiger partial charge on any atom is -0.337 e. The number of hydrogen-bond acceptors (Lipinski definition) is 1. The fraction of sp³-hybridized carbons (Fsp3) is 0.929. The molecule has 1 amide bonds. The summed E-state index contributed by atoms with van der Waals surface area (Å²) in [5, 5.41) is 0. The van der Waals surface area contributed by atoms with Gasteiger partial charge in [-0.3, -0.25) is 4.79 Å². The molecule has 0 N–H and O–H groups in total. The largest absolute Gasteiger partial charge is 0.460 e. The maximum atomic E-state index is 13.9. The number of piperidine rings is 1. The molecule has 1 aliphatic rings. The van der Waals surface area contributed by atoms with Crippen molar-refractivity contribution in [2.75, 3.05) is 13.1 Å². The molecule has 0 aromatic carbocycles. The predicted molar refractivity (Wildman–Crippen MR) is 70.3 cm³/mol. The van der Waals surface area contributed by atoms with Crippen molar-refractivity contribution in [3.8, 4) is 0 Å². The van der Waals surface area contributed by atoms with Crippen LogP contribution in [0.3, 0.4) is 0 Å². The van der Waals surface area contributed by atoms with Crippen LogP contribution in [0.5, 0.6) is 0 Å². The van der Waals surface area contributed by atoms with Crippen molar-refractivity contribution in [3.63, 3.8) is 0 Å². The number of rotatable bonds is 5. The second kappa shape index (κ2) is 7.06. The lowest BCUT2D eigenvalue weighted by Gasteiger charge is -2.42. The molecule has 0 spiro atoms. The molecule has 2 atom stereocenters. The highest BCUT2D eigenvalue weighted by Gasteiger charge is 2.91. The van der Waals surface area contributed by atoms with Gasteiger partial charge in [0.1, 0.15) is 0 Å². The Morgan fingerprint density at radius 2 is 1.00 bits per heavy atom. The lowest BCUT2D eigenvalue weighted by molar-refractivity contribution is -0.436. The van der Waals surface area contributed by atoms with Crippen LogP contribution in [-0.4, -0.2) is 59.7 Å². The van der Waals surface area contributed by atoms with E-state index in [0.29, 0.717) is 6.42 Å². The zero-order valence-corrected chi connectivity index (χ0v) is 14.5. The molecular weight excluding hydrogens is 445 g/mol. The molecule has 0 radical (unpaired) electrons. The van der Waals surface area contributed by atoms with E-state index in [2.05, 4.69) is 0 Å². The summed E-state index contributed by atoms with van der Waals surface area (Å²) in [6.45, 7) is 1.38. The Hall–Kier alpha value is -1.44. The van der Waals surface area contributed by atoms with Gasteiger partial charge < -0.3 is 4.90 Å². The smallest absolute Gasteiger partial charge is 0.337 e. The van der Waals surface area contributed by atoms with E-state index in [4.69, 9.17) is 0 Å². The summed E-state index contributed by atoms with van der Waals surface area (Å²) >= 11 is 0. The SMILES string of the molecule is CC1CC(C)CN(C(=O)C(F)(F)C(F)(F)C(F)(F)C(F)(F)C(F)(F)C(F)(F)F)C1. The first kappa shape index (κ1) is 25.6. The monoisotopic (exact) mass is 459 g/mol. The van der Waals surface area contributed by atoms with E-state index >= 15 is 0 Å². The zero-order chi connectivity index (χ0) is 23.4. The van der Waals surface area contributed by atoms with Crippen molar-refractivity contribution in [3.05, 3.63) is 0 Å². The Morgan fingerprint density at radius 1 is 0.655 bits per heavy atom. The van der Waals surface area contributed by atoms with Gasteiger partial charge in [-0.05, 0) is 18.3 Å². The fourth-order valence-corrected chi connectivity index (χ4v) is 2.93. The van der Waals surface area contributed by atoms with Crippen LogP contribution in [0.15, 0.2) is 0 Å². The van der Waals surface area contributed by atoms with Crippen LogP contribution in [0.1, 0.15) is 20.3 Å². The maximum absolute atomic E-state index is 13.9. The van der Waals surface area contributed by atoms with Crippen molar-refractivity contribution in [1.82, 2.24) is 4.90 Å². The van der Waals surface area contributed by atoms with Crippen LogP contribution in [0.25, 0.3) is 0 Å². The number of nitrogens with zero attached hydrogens (tertiary/aromatic N) is 1. The van der Waals surface area contributed by atoms with Crippen LogP contribution < -0.4 is 0 Å². The molecule has 0 bridgehead atoms. The van der Waals surface area contributed by atoms with E-state index in [1.54, 1.807) is 0 Å². The van der Waals surface area contributed by atoms with Crippen molar-refractivity contribution in [2.24, 2.45) is 11.8 Å². The van der Waals surface area contributed by atoms with Crippen LogP contribution in [-0.2, 0) is 4.79 Å².